The Morgan fingerprint density at radius 2 is 2.22 bits per heavy atom. The van der Waals surface area contributed by atoms with E-state index < -0.39 is 0 Å². The second-order valence-corrected chi connectivity index (χ2v) is 1.62. The number of hydrogen-bond acceptors (Lipinski definition) is 2. The maximum absolute atomic E-state index is 8.31. The van der Waals surface area contributed by atoms with Crippen LogP contribution in [0.15, 0.2) is 12.4 Å². The lowest BCUT2D eigenvalue weighted by atomic mass is 10.6. The van der Waals surface area contributed by atoms with Gasteiger partial charge in [-0.25, -0.2) is 4.98 Å². The lowest BCUT2D eigenvalue weighted by Crippen LogP contribution is -1.58. The van der Waals surface area contributed by atoms with Crippen molar-refractivity contribution < 1.29 is 5.11 Å². The first-order valence-electron chi connectivity index (χ1n) is 2.99. The van der Waals surface area contributed by atoms with Gasteiger partial charge in [0.25, 0.3) is 6.01 Å². The van der Waals surface area contributed by atoms with Crippen molar-refractivity contribution in [1.29, 1.82) is 0 Å². The van der Waals surface area contributed by atoms with Gasteiger partial charge in [0, 0.05) is 12.4 Å². The van der Waals surface area contributed by atoms with E-state index in [0.717, 1.165) is 0 Å². The van der Waals surface area contributed by atoms with Crippen molar-refractivity contribution in [1.82, 2.24) is 9.97 Å². The van der Waals surface area contributed by atoms with E-state index in [0.29, 0.717) is 0 Å². The highest BCUT2D eigenvalue weighted by Crippen LogP contribution is 1.90. The molecule has 0 radical (unpaired) electrons. The summed E-state index contributed by atoms with van der Waals surface area (Å²) >= 11 is 0. The number of aromatic nitrogens is 2. The number of hydrogen-bond donors (Lipinski definition) is 2. The summed E-state index contributed by atoms with van der Waals surface area (Å²) < 4.78 is 0. The normalized spacial score (nSPS) is 7.78. The van der Waals surface area contributed by atoms with Crippen LogP contribution >= 0.6 is 0 Å². The average Bonchev–Trinajstić information content (AvgIpc) is 2.20. The summed E-state index contributed by atoms with van der Waals surface area (Å²) in [6.07, 6.45) is 4.28. The minimum atomic E-state index is -0.0324. The highest BCUT2D eigenvalue weighted by atomic mass is 16.3. The summed E-state index contributed by atoms with van der Waals surface area (Å²) in [5.41, 5.74) is 0. The Balaban J connectivity index is 0.000000187. The molecule has 0 aromatic carbocycles. The fourth-order valence-electron chi connectivity index (χ4n) is 0.257. The summed E-state index contributed by atoms with van der Waals surface area (Å²) in [5, 5.41) is 8.31. The molecule has 0 atom stereocenters. The second kappa shape index (κ2) is 5.15. The lowest BCUT2D eigenvalue weighted by molar-refractivity contribution is 0.436. The van der Waals surface area contributed by atoms with E-state index in [2.05, 4.69) is 23.8 Å². The van der Waals surface area contributed by atoms with Gasteiger partial charge in [-0.3, -0.25) is 0 Å². The minimum Gasteiger partial charge on any atom is -0.480 e. The molecule has 2 N–H and O–H groups in total. The van der Waals surface area contributed by atoms with Gasteiger partial charge in [0.05, 0.1) is 0 Å². The van der Waals surface area contributed by atoms with Crippen molar-refractivity contribution in [3.63, 3.8) is 0 Å². The molecule has 0 aliphatic carbocycles. The van der Waals surface area contributed by atoms with Crippen molar-refractivity contribution in [3.05, 3.63) is 12.4 Å². The highest BCUT2D eigenvalue weighted by molar-refractivity contribution is 4.87. The standard InChI is InChI=1S/C3H4N2O.C3H8/c6-3-4-1-2-5-3;1-3-2/h1-2H,(H2,4,5,6);3H2,1-2H3. The molecule has 3 nitrogen and oxygen atoms in total. The average molecular weight is 128 g/mol. The first kappa shape index (κ1) is 8.01. The third-order valence-corrected chi connectivity index (χ3v) is 0.484. The van der Waals surface area contributed by atoms with Crippen LogP contribution in [-0.2, 0) is 0 Å². The number of aromatic amines is 1. The zero-order chi connectivity index (χ0) is 7.11. The van der Waals surface area contributed by atoms with Crippen molar-refractivity contribution in [2.75, 3.05) is 0 Å². The zero-order valence-corrected chi connectivity index (χ0v) is 5.76. The molecule has 3 heteroatoms. The molecule has 1 aromatic heterocycles. The van der Waals surface area contributed by atoms with Gasteiger partial charge in [0.15, 0.2) is 0 Å². The van der Waals surface area contributed by atoms with Crippen LogP contribution in [0.4, 0.5) is 0 Å². The molecule has 0 amide bonds. The summed E-state index contributed by atoms with van der Waals surface area (Å²) in [6, 6.07) is -0.0324. The SMILES string of the molecule is CCC.Oc1ncc[nH]1. The molecule has 9 heavy (non-hydrogen) atoms. The molecule has 1 aromatic rings. The molecule has 0 aliphatic heterocycles. The monoisotopic (exact) mass is 128 g/mol. The van der Waals surface area contributed by atoms with Crippen LogP contribution in [0.1, 0.15) is 20.3 Å². The summed E-state index contributed by atoms with van der Waals surface area (Å²) in [6.45, 7) is 4.25. The van der Waals surface area contributed by atoms with Crippen LogP contribution < -0.4 is 0 Å². The van der Waals surface area contributed by atoms with E-state index >= 15 is 0 Å². The van der Waals surface area contributed by atoms with Gasteiger partial charge in [-0.15, -0.1) is 0 Å². The molecule has 1 heterocycles. The molecule has 0 unspecified atom stereocenters. The maximum Gasteiger partial charge on any atom is 0.290 e. The number of H-pyrrole nitrogens is 1. The predicted octanol–water partition coefficient (Wildman–Crippen LogP) is 1.53. The Morgan fingerprint density at radius 1 is 1.67 bits per heavy atom. The molecule has 0 aliphatic rings. The van der Waals surface area contributed by atoms with Crippen molar-refractivity contribution in [2.24, 2.45) is 0 Å². The van der Waals surface area contributed by atoms with Gasteiger partial charge in [-0.1, -0.05) is 20.3 Å². The Morgan fingerprint density at radius 3 is 2.33 bits per heavy atom. The number of rotatable bonds is 0. The largest absolute Gasteiger partial charge is 0.480 e. The molecular formula is C6H12N2O. The van der Waals surface area contributed by atoms with E-state index in [-0.39, 0.29) is 6.01 Å². The second-order valence-electron chi connectivity index (χ2n) is 1.62. The fraction of sp³-hybridized carbons (Fsp3) is 0.500. The molecule has 52 valence electrons. The Labute approximate surface area is 54.8 Å². The van der Waals surface area contributed by atoms with E-state index in [1.54, 1.807) is 6.20 Å². The van der Waals surface area contributed by atoms with Crippen LogP contribution in [0, 0.1) is 0 Å². The fourth-order valence-corrected chi connectivity index (χ4v) is 0.257. The van der Waals surface area contributed by atoms with Crippen LogP contribution in [0.2, 0.25) is 0 Å². The van der Waals surface area contributed by atoms with E-state index in [4.69, 9.17) is 5.11 Å². The van der Waals surface area contributed by atoms with E-state index in [1.807, 2.05) is 0 Å². The Kier molecular flexibility index (Phi) is 4.59. The third-order valence-electron chi connectivity index (χ3n) is 0.484. The summed E-state index contributed by atoms with van der Waals surface area (Å²) in [7, 11) is 0. The molecule has 0 fully saturated rings. The molecule has 0 spiro atoms. The first-order valence-corrected chi connectivity index (χ1v) is 2.99. The third kappa shape index (κ3) is 4.87. The zero-order valence-electron chi connectivity index (χ0n) is 5.76. The summed E-state index contributed by atoms with van der Waals surface area (Å²) in [4.78, 5) is 5.86. The Hall–Kier alpha value is -0.990. The number of nitrogens with one attached hydrogen (secondary N) is 1. The van der Waals surface area contributed by atoms with Crippen molar-refractivity contribution >= 4 is 0 Å². The smallest absolute Gasteiger partial charge is 0.290 e. The maximum atomic E-state index is 8.31. The number of imidazole rings is 1. The van der Waals surface area contributed by atoms with Crippen molar-refractivity contribution in [2.45, 2.75) is 20.3 Å². The van der Waals surface area contributed by atoms with Gasteiger partial charge >= 0.3 is 0 Å². The van der Waals surface area contributed by atoms with E-state index in [1.165, 1.54) is 12.6 Å². The molecule has 0 bridgehead atoms. The van der Waals surface area contributed by atoms with Crippen LogP contribution in [0.3, 0.4) is 0 Å². The summed E-state index contributed by atoms with van der Waals surface area (Å²) in [5.74, 6) is 0. The lowest BCUT2D eigenvalue weighted by Gasteiger charge is -1.69. The topological polar surface area (TPSA) is 48.9 Å². The quantitative estimate of drug-likeness (QED) is 0.556. The predicted molar refractivity (Wildman–Crippen MR) is 36.2 cm³/mol. The van der Waals surface area contributed by atoms with Gasteiger partial charge in [-0.05, 0) is 0 Å². The van der Waals surface area contributed by atoms with Gasteiger partial charge < -0.3 is 10.1 Å². The van der Waals surface area contributed by atoms with Gasteiger partial charge in [0.1, 0.15) is 0 Å². The van der Waals surface area contributed by atoms with Crippen LogP contribution in [0.5, 0.6) is 6.01 Å². The van der Waals surface area contributed by atoms with E-state index in [9.17, 15) is 0 Å². The van der Waals surface area contributed by atoms with Gasteiger partial charge in [0.2, 0.25) is 0 Å². The minimum absolute atomic E-state index is 0.0324. The molecule has 0 saturated heterocycles. The Bertz CT molecular complexity index is 126. The van der Waals surface area contributed by atoms with Gasteiger partial charge in [-0.2, -0.15) is 0 Å². The number of nitrogens with zero attached hydrogens (tertiary/aromatic N) is 1. The van der Waals surface area contributed by atoms with Crippen molar-refractivity contribution in [3.8, 4) is 6.01 Å². The molecule has 1 rings (SSSR count). The van der Waals surface area contributed by atoms with Crippen LogP contribution in [-0.4, -0.2) is 15.1 Å². The highest BCUT2D eigenvalue weighted by Gasteiger charge is 1.77. The van der Waals surface area contributed by atoms with Crippen LogP contribution in [0.25, 0.3) is 0 Å². The molecular weight excluding hydrogens is 116 g/mol. The molecule has 0 saturated carbocycles. The first-order chi connectivity index (χ1) is 4.31. The number of aromatic hydroxyl groups is 1.